The Morgan fingerprint density at radius 1 is 1.26 bits per heavy atom. The second kappa shape index (κ2) is 6.43. The Balaban J connectivity index is 2.48. The van der Waals surface area contributed by atoms with Gasteiger partial charge in [0.25, 0.3) is 0 Å². The highest BCUT2D eigenvalue weighted by Gasteiger charge is 2.29. The number of carbonyl (C=O) groups is 2. The number of rotatable bonds is 4. The molecule has 1 rings (SSSR count). The molecule has 0 bridgehead atoms. The van der Waals surface area contributed by atoms with Crippen molar-refractivity contribution in [3.05, 3.63) is 29.3 Å². The lowest BCUT2D eigenvalue weighted by Crippen LogP contribution is -2.41. The zero-order chi connectivity index (χ0) is 14.5. The summed E-state index contributed by atoms with van der Waals surface area (Å²) in [7, 11) is 1.32. The van der Waals surface area contributed by atoms with Gasteiger partial charge in [0.2, 0.25) is 0 Å². The molecule has 0 aromatic heterocycles. The van der Waals surface area contributed by atoms with E-state index >= 15 is 0 Å². The van der Waals surface area contributed by atoms with E-state index in [2.05, 4.69) is 15.4 Å². The van der Waals surface area contributed by atoms with Crippen molar-refractivity contribution in [3.8, 4) is 0 Å². The molecule has 6 heteroatoms. The van der Waals surface area contributed by atoms with Gasteiger partial charge in [0, 0.05) is 17.3 Å². The molecule has 0 aliphatic rings. The third-order valence-electron chi connectivity index (χ3n) is 2.53. The minimum absolute atomic E-state index is 0.180. The van der Waals surface area contributed by atoms with Crippen LogP contribution in [0.15, 0.2) is 24.3 Å². The topological polar surface area (TPSA) is 67.4 Å². The number of nitrogens with one attached hydrogen (secondary N) is 2. The number of amides is 2. The molecule has 2 amide bonds. The van der Waals surface area contributed by atoms with Crippen LogP contribution in [-0.4, -0.2) is 25.7 Å². The summed E-state index contributed by atoms with van der Waals surface area (Å²) >= 11 is 5.74. The van der Waals surface area contributed by atoms with Crippen molar-refractivity contribution in [2.24, 2.45) is 5.41 Å². The average Bonchev–Trinajstić information content (AvgIpc) is 2.38. The number of methoxy groups -OCH3 is 1. The van der Waals surface area contributed by atoms with Crippen molar-refractivity contribution < 1.29 is 14.3 Å². The van der Waals surface area contributed by atoms with E-state index in [0.717, 1.165) is 0 Å². The van der Waals surface area contributed by atoms with E-state index in [1.807, 2.05) is 0 Å². The molecule has 0 saturated heterocycles. The highest BCUT2D eigenvalue weighted by atomic mass is 35.5. The molecule has 0 radical (unpaired) electrons. The Bertz CT molecular complexity index is 457. The summed E-state index contributed by atoms with van der Waals surface area (Å²) in [4.78, 5) is 23.1. The van der Waals surface area contributed by atoms with E-state index in [0.29, 0.717) is 10.7 Å². The molecule has 0 fully saturated rings. The van der Waals surface area contributed by atoms with Gasteiger partial charge in [0.15, 0.2) is 0 Å². The van der Waals surface area contributed by atoms with Gasteiger partial charge in [0.05, 0.1) is 12.5 Å². The lowest BCUT2D eigenvalue weighted by atomic mass is 9.94. The third-order valence-corrected chi connectivity index (χ3v) is 2.78. The fraction of sp³-hybridized carbons (Fsp3) is 0.385. The van der Waals surface area contributed by atoms with Crippen LogP contribution in [-0.2, 0) is 9.53 Å². The van der Waals surface area contributed by atoms with Crippen molar-refractivity contribution in [2.45, 2.75) is 13.8 Å². The quantitative estimate of drug-likeness (QED) is 0.835. The maximum atomic E-state index is 11.6. The van der Waals surface area contributed by atoms with Crippen LogP contribution < -0.4 is 10.6 Å². The van der Waals surface area contributed by atoms with Crippen LogP contribution in [0.2, 0.25) is 5.02 Å². The molecule has 19 heavy (non-hydrogen) atoms. The zero-order valence-electron chi connectivity index (χ0n) is 11.1. The largest absolute Gasteiger partial charge is 0.469 e. The Morgan fingerprint density at radius 2 is 1.84 bits per heavy atom. The molecule has 1 aromatic rings. The molecule has 0 unspecified atom stereocenters. The first kappa shape index (κ1) is 15.3. The van der Waals surface area contributed by atoms with Crippen molar-refractivity contribution >= 4 is 29.3 Å². The molecule has 0 aliphatic carbocycles. The molecule has 0 heterocycles. The van der Waals surface area contributed by atoms with Crippen LogP contribution in [0, 0.1) is 5.41 Å². The Morgan fingerprint density at radius 3 is 2.37 bits per heavy atom. The van der Waals surface area contributed by atoms with Gasteiger partial charge in [-0.1, -0.05) is 11.6 Å². The fourth-order valence-electron chi connectivity index (χ4n) is 1.36. The van der Waals surface area contributed by atoms with E-state index in [9.17, 15) is 9.59 Å². The number of urea groups is 1. The van der Waals surface area contributed by atoms with Crippen LogP contribution in [0.5, 0.6) is 0 Å². The van der Waals surface area contributed by atoms with Gasteiger partial charge in [-0.15, -0.1) is 0 Å². The third kappa shape index (κ3) is 4.79. The Hall–Kier alpha value is -1.75. The number of esters is 1. The van der Waals surface area contributed by atoms with Crippen LogP contribution in [0.25, 0.3) is 0 Å². The Kier molecular flexibility index (Phi) is 5.18. The van der Waals surface area contributed by atoms with Crippen molar-refractivity contribution in [3.63, 3.8) is 0 Å². The molecule has 0 aliphatic heterocycles. The van der Waals surface area contributed by atoms with E-state index in [1.165, 1.54) is 7.11 Å². The maximum Gasteiger partial charge on any atom is 0.319 e. The van der Waals surface area contributed by atoms with Gasteiger partial charge in [-0.05, 0) is 38.1 Å². The van der Waals surface area contributed by atoms with Gasteiger partial charge in [-0.3, -0.25) is 4.79 Å². The molecule has 0 saturated carbocycles. The standard InChI is InChI=1S/C13H17ClN2O3/c1-13(2,11(17)19-3)8-15-12(18)16-10-6-4-9(14)5-7-10/h4-7H,8H2,1-3H3,(H2,15,16,18). The second-order valence-electron chi connectivity index (χ2n) is 4.69. The van der Waals surface area contributed by atoms with Gasteiger partial charge in [-0.2, -0.15) is 0 Å². The maximum absolute atomic E-state index is 11.6. The van der Waals surface area contributed by atoms with E-state index in [4.69, 9.17) is 11.6 Å². The van der Waals surface area contributed by atoms with E-state index in [-0.39, 0.29) is 18.5 Å². The number of carbonyl (C=O) groups excluding carboxylic acids is 2. The predicted molar refractivity (Wildman–Crippen MR) is 74.3 cm³/mol. The SMILES string of the molecule is COC(=O)C(C)(C)CNC(=O)Nc1ccc(Cl)cc1. The van der Waals surface area contributed by atoms with Crippen molar-refractivity contribution in [1.29, 1.82) is 0 Å². The van der Waals surface area contributed by atoms with Crippen LogP contribution >= 0.6 is 11.6 Å². The second-order valence-corrected chi connectivity index (χ2v) is 5.13. The average molecular weight is 285 g/mol. The molecule has 1 aromatic carbocycles. The molecular formula is C13H17ClN2O3. The number of ether oxygens (including phenoxy) is 1. The summed E-state index contributed by atoms with van der Waals surface area (Å²) < 4.78 is 4.65. The minimum atomic E-state index is -0.772. The molecule has 0 atom stereocenters. The van der Waals surface area contributed by atoms with Gasteiger partial charge >= 0.3 is 12.0 Å². The summed E-state index contributed by atoms with van der Waals surface area (Å²) in [6, 6.07) is 6.34. The molecular weight excluding hydrogens is 268 g/mol. The minimum Gasteiger partial charge on any atom is -0.469 e. The summed E-state index contributed by atoms with van der Waals surface area (Å²) in [5.41, 5.74) is -0.149. The molecule has 2 N–H and O–H groups in total. The van der Waals surface area contributed by atoms with Gasteiger partial charge < -0.3 is 15.4 Å². The smallest absolute Gasteiger partial charge is 0.319 e. The van der Waals surface area contributed by atoms with Gasteiger partial charge in [-0.25, -0.2) is 4.79 Å². The summed E-state index contributed by atoms with van der Waals surface area (Å²) in [5.74, 6) is -0.376. The number of anilines is 1. The number of halogens is 1. The number of hydrogen-bond donors (Lipinski definition) is 2. The zero-order valence-corrected chi connectivity index (χ0v) is 11.9. The van der Waals surface area contributed by atoms with E-state index < -0.39 is 5.41 Å². The van der Waals surface area contributed by atoms with Gasteiger partial charge in [0.1, 0.15) is 0 Å². The fourth-order valence-corrected chi connectivity index (χ4v) is 1.48. The van der Waals surface area contributed by atoms with E-state index in [1.54, 1.807) is 38.1 Å². The number of benzene rings is 1. The monoisotopic (exact) mass is 284 g/mol. The van der Waals surface area contributed by atoms with Crippen LogP contribution in [0.1, 0.15) is 13.8 Å². The molecule has 5 nitrogen and oxygen atoms in total. The normalized spacial score (nSPS) is 10.7. The molecule has 104 valence electrons. The van der Waals surface area contributed by atoms with Crippen molar-refractivity contribution in [1.82, 2.24) is 5.32 Å². The van der Waals surface area contributed by atoms with Crippen LogP contribution in [0.3, 0.4) is 0 Å². The van der Waals surface area contributed by atoms with Crippen molar-refractivity contribution in [2.75, 3.05) is 19.0 Å². The summed E-state index contributed by atoms with van der Waals surface area (Å²) in [6.07, 6.45) is 0. The lowest BCUT2D eigenvalue weighted by Gasteiger charge is -2.21. The van der Waals surface area contributed by atoms with Crippen LogP contribution in [0.4, 0.5) is 10.5 Å². The Labute approximate surface area is 117 Å². The highest BCUT2D eigenvalue weighted by molar-refractivity contribution is 6.30. The highest BCUT2D eigenvalue weighted by Crippen LogP contribution is 2.16. The first-order valence-electron chi connectivity index (χ1n) is 5.74. The first-order chi connectivity index (χ1) is 8.85. The molecule has 0 spiro atoms. The number of hydrogen-bond acceptors (Lipinski definition) is 3. The first-order valence-corrected chi connectivity index (χ1v) is 6.12. The predicted octanol–water partition coefficient (Wildman–Crippen LogP) is 2.66. The summed E-state index contributed by atoms with van der Waals surface area (Å²) in [6.45, 7) is 3.57. The lowest BCUT2D eigenvalue weighted by molar-refractivity contribution is -0.150. The summed E-state index contributed by atoms with van der Waals surface area (Å²) in [5, 5.41) is 5.85.